The Bertz CT molecular complexity index is 637. The van der Waals surface area contributed by atoms with Crippen LogP contribution in [0.5, 0.6) is 0 Å². The van der Waals surface area contributed by atoms with E-state index >= 15 is 0 Å². The molecule has 0 saturated heterocycles. The topological polar surface area (TPSA) is 47.5 Å². The average molecular weight is 245 g/mol. The summed E-state index contributed by atoms with van der Waals surface area (Å²) in [7, 11) is 2.01. The molecule has 5 heteroatoms. The Morgan fingerprint density at radius 2 is 2.06 bits per heavy atom. The second-order valence-electron chi connectivity index (χ2n) is 5.29. The summed E-state index contributed by atoms with van der Waals surface area (Å²) in [4.78, 5) is 7.67. The first kappa shape index (κ1) is 11.5. The van der Waals surface area contributed by atoms with Gasteiger partial charge in [-0.15, -0.1) is 0 Å². The molecule has 0 radical (unpaired) electrons. The van der Waals surface area contributed by atoms with E-state index in [4.69, 9.17) is 0 Å². The fraction of sp³-hybridized carbons (Fsp3) is 0.538. The minimum Gasteiger partial charge on any atom is -0.345 e. The van der Waals surface area contributed by atoms with E-state index in [2.05, 4.69) is 47.8 Å². The molecule has 2 aliphatic rings. The highest BCUT2D eigenvalue weighted by Crippen LogP contribution is 2.27. The van der Waals surface area contributed by atoms with Crippen LogP contribution >= 0.6 is 0 Å². The van der Waals surface area contributed by atoms with Gasteiger partial charge >= 0.3 is 0 Å². The van der Waals surface area contributed by atoms with Crippen LogP contribution in [0.3, 0.4) is 0 Å². The summed E-state index contributed by atoms with van der Waals surface area (Å²) in [6, 6.07) is 0.649. The Kier molecular flexibility index (Phi) is 2.35. The van der Waals surface area contributed by atoms with Crippen LogP contribution in [-0.4, -0.2) is 44.9 Å². The molecule has 1 aromatic heterocycles. The standard InChI is InChI=1S/C13H19N5/c1-7(2)18-13-9(4)11-10(14-6-15-11)8(3)12(13)16-17(18)5/h6-7,13H,1-5H3,(H,14,15). The molecular formula is C13H19N5. The molecule has 1 aromatic rings. The maximum atomic E-state index is 4.69. The van der Waals surface area contributed by atoms with Crippen molar-refractivity contribution in [3.63, 3.8) is 0 Å². The van der Waals surface area contributed by atoms with Crippen molar-refractivity contribution in [1.82, 2.24) is 20.1 Å². The van der Waals surface area contributed by atoms with Gasteiger partial charge in [0.25, 0.3) is 0 Å². The Morgan fingerprint density at radius 1 is 1.33 bits per heavy atom. The lowest BCUT2D eigenvalue weighted by Crippen LogP contribution is -2.51. The molecule has 0 fully saturated rings. The highest BCUT2D eigenvalue weighted by atomic mass is 15.8. The molecule has 18 heavy (non-hydrogen) atoms. The van der Waals surface area contributed by atoms with Gasteiger partial charge < -0.3 is 4.98 Å². The lowest BCUT2D eigenvalue weighted by Gasteiger charge is -2.34. The number of H-pyrrole nitrogens is 1. The van der Waals surface area contributed by atoms with E-state index in [9.17, 15) is 0 Å². The van der Waals surface area contributed by atoms with Gasteiger partial charge in [-0.1, -0.05) is 0 Å². The average Bonchev–Trinajstić information content (AvgIpc) is 2.89. The highest BCUT2D eigenvalue weighted by Gasteiger charge is 2.39. The van der Waals surface area contributed by atoms with E-state index in [0.29, 0.717) is 6.04 Å². The number of hydrazone groups is 1. The molecule has 1 unspecified atom stereocenters. The lowest BCUT2D eigenvalue weighted by atomic mass is 9.92. The summed E-state index contributed by atoms with van der Waals surface area (Å²) in [5.74, 6) is 0. The van der Waals surface area contributed by atoms with E-state index in [1.165, 1.54) is 11.1 Å². The van der Waals surface area contributed by atoms with Crippen molar-refractivity contribution < 1.29 is 0 Å². The molecule has 1 atom stereocenters. The van der Waals surface area contributed by atoms with Crippen LogP contribution < -0.4 is 10.7 Å². The van der Waals surface area contributed by atoms with E-state index in [1.807, 2.05) is 12.2 Å². The lowest BCUT2D eigenvalue weighted by molar-refractivity contribution is -0.00990. The molecule has 1 aliphatic heterocycles. The predicted octanol–water partition coefficient (Wildman–Crippen LogP) is 0.0599. The third-order valence-corrected chi connectivity index (χ3v) is 3.82. The zero-order valence-corrected chi connectivity index (χ0v) is 11.5. The number of nitrogens with one attached hydrogen (secondary N) is 1. The summed E-state index contributed by atoms with van der Waals surface area (Å²) >= 11 is 0. The maximum absolute atomic E-state index is 4.69. The molecular weight excluding hydrogens is 226 g/mol. The molecule has 0 amide bonds. The maximum Gasteiger partial charge on any atom is 0.0985 e. The van der Waals surface area contributed by atoms with E-state index in [-0.39, 0.29) is 6.04 Å². The molecule has 1 N–H and O–H groups in total. The first-order valence-corrected chi connectivity index (χ1v) is 6.34. The normalized spacial score (nSPS) is 23.6. The first-order valence-electron chi connectivity index (χ1n) is 6.34. The van der Waals surface area contributed by atoms with Gasteiger partial charge in [0.2, 0.25) is 0 Å². The summed E-state index contributed by atoms with van der Waals surface area (Å²) in [6.07, 6.45) is 1.77. The number of hydrogen-bond acceptors (Lipinski definition) is 4. The van der Waals surface area contributed by atoms with Crippen molar-refractivity contribution >= 4 is 16.9 Å². The summed E-state index contributed by atoms with van der Waals surface area (Å²) in [5.41, 5.74) is 3.60. The van der Waals surface area contributed by atoms with Gasteiger partial charge in [-0.2, -0.15) is 10.1 Å². The number of imidazole rings is 1. The fourth-order valence-electron chi connectivity index (χ4n) is 3.01. The summed E-state index contributed by atoms with van der Waals surface area (Å²) in [5, 5.41) is 11.1. The van der Waals surface area contributed by atoms with Crippen molar-refractivity contribution in [2.75, 3.05) is 7.05 Å². The fourth-order valence-corrected chi connectivity index (χ4v) is 3.01. The summed E-state index contributed by atoms with van der Waals surface area (Å²) in [6.45, 7) is 8.66. The van der Waals surface area contributed by atoms with E-state index in [0.717, 1.165) is 16.4 Å². The van der Waals surface area contributed by atoms with Crippen molar-refractivity contribution in [2.24, 2.45) is 5.10 Å². The van der Waals surface area contributed by atoms with Crippen molar-refractivity contribution in [3.8, 4) is 0 Å². The van der Waals surface area contributed by atoms with Gasteiger partial charge in [-0.05, 0) is 33.3 Å². The zero-order valence-electron chi connectivity index (χ0n) is 11.5. The number of rotatable bonds is 1. The quantitative estimate of drug-likeness (QED) is 0.761. The molecule has 0 saturated carbocycles. The Labute approximate surface area is 106 Å². The number of hydrogen-bond donors (Lipinski definition) is 1. The number of nitrogens with zero attached hydrogens (tertiary/aromatic N) is 4. The Hall–Kier alpha value is -1.62. The molecule has 5 nitrogen and oxygen atoms in total. The molecule has 1 aliphatic carbocycles. The third kappa shape index (κ3) is 1.31. The second kappa shape index (κ2) is 3.68. The van der Waals surface area contributed by atoms with E-state index < -0.39 is 0 Å². The van der Waals surface area contributed by atoms with Gasteiger partial charge in [0.05, 0.1) is 28.8 Å². The number of fused-ring (bicyclic) bond motifs is 2. The molecule has 0 spiro atoms. The van der Waals surface area contributed by atoms with Crippen molar-refractivity contribution in [2.45, 2.75) is 39.8 Å². The monoisotopic (exact) mass is 245 g/mol. The number of hydrazine groups is 1. The second-order valence-corrected chi connectivity index (χ2v) is 5.29. The van der Waals surface area contributed by atoms with Gasteiger partial charge in [0.1, 0.15) is 0 Å². The van der Waals surface area contributed by atoms with Crippen LogP contribution in [0.15, 0.2) is 11.4 Å². The minimum absolute atomic E-state index is 0.239. The van der Waals surface area contributed by atoms with E-state index in [1.54, 1.807) is 6.33 Å². The van der Waals surface area contributed by atoms with Crippen LogP contribution in [0.4, 0.5) is 0 Å². The number of aromatic amines is 1. The Balaban J connectivity index is 2.28. The predicted molar refractivity (Wildman–Crippen MR) is 72.0 cm³/mol. The van der Waals surface area contributed by atoms with Gasteiger partial charge in [-0.25, -0.2) is 10.1 Å². The van der Waals surface area contributed by atoms with Gasteiger partial charge in [0.15, 0.2) is 0 Å². The molecule has 2 heterocycles. The zero-order chi connectivity index (χ0) is 13.0. The molecule has 96 valence electrons. The van der Waals surface area contributed by atoms with Crippen molar-refractivity contribution in [3.05, 3.63) is 17.0 Å². The van der Waals surface area contributed by atoms with Crippen LogP contribution in [0.25, 0.3) is 11.1 Å². The minimum atomic E-state index is 0.239. The van der Waals surface area contributed by atoms with Crippen LogP contribution in [0, 0.1) is 0 Å². The third-order valence-electron chi connectivity index (χ3n) is 3.82. The molecule has 3 rings (SSSR count). The summed E-state index contributed by atoms with van der Waals surface area (Å²) < 4.78 is 0. The number of aromatic nitrogens is 2. The van der Waals surface area contributed by atoms with Crippen molar-refractivity contribution in [1.29, 1.82) is 0 Å². The molecule has 0 aromatic carbocycles. The van der Waals surface area contributed by atoms with Gasteiger partial charge in [0, 0.05) is 18.7 Å². The SMILES string of the molecule is CC1=c2nc[nH]c2=C(C)C2C1=NN(C)N2C(C)C. The largest absolute Gasteiger partial charge is 0.345 e. The highest BCUT2D eigenvalue weighted by molar-refractivity contribution is 6.24. The Morgan fingerprint density at radius 3 is 2.72 bits per heavy atom. The smallest absolute Gasteiger partial charge is 0.0985 e. The van der Waals surface area contributed by atoms with Gasteiger partial charge in [-0.3, -0.25) is 0 Å². The van der Waals surface area contributed by atoms with Crippen LogP contribution in [0.2, 0.25) is 0 Å². The molecule has 0 bridgehead atoms. The van der Waals surface area contributed by atoms with Crippen LogP contribution in [0.1, 0.15) is 27.7 Å². The first-order chi connectivity index (χ1) is 8.52. The van der Waals surface area contributed by atoms with Crippen LogP contribution in [-0.2, 0) is 0 Å².